The normalized spacial score (nSPS) is 18.8. The molecule has 0 saturated carbocycles. The largest absolute Gasteiger partial charge is 0.465 e. The summed E-state index contributed by atoms with van der Waals surface area (Å²) in [6.45, 7) is 5.11. The van der Waals surface area contributed by atoms with E-state index < -0.39 is 0 Å². The Hall–Kier alpha value is -3.81. The predicted molar refractivity (Wildman–Crippen MR) is 139 cm³/mol. The van der Waals surface area contributed by atoms with E-state index in [2.05, 4.69) is 47.2 Å². The number of hydrogen-bond donors (Lipinski definition) is 0. The Bertz CT molecular complexity index is 1320. The molecule has 0 unspecified atom stereocenters. The minimum absolute atomic E-state index is 0.692. The van der Waals surface area contributed by atoms with E-state index in [0.29, 0.717) is 5.76 Å². The Balaban J connectivity index is 1.24. The Kier molecular flexibility index (Phi) is 6.32. The smallest absolute Gasteiger partial charge is 0.169 e. The first kappa shape index (κ1) is 22.6. The van der Waals surface area contributed by atoms with Crippen molar-refractivity contribution in [2.45, 2.75) is 19.4 Å². The molecule has 0 amide bonds. The Morgan fingerprint density at radius 1 is 0.972 bits per heavy atom. The molecule has 7 heteroatoms. The van der Waals surface area contributed by atoms with Gasteiger partial charge in [0.05, 0.1) is 18.1 Å². The van der Waals surface area contributed by atoms with Crippen molar-refractivity contribution >= 4 is 5.76 Å². The third-order valence-electron chi connectivity index (χ3n) is 6.89. The van der Waals surface area contributed by atoms with Crippen LogP contribution in [0.5, 0.6) is 0 Å². The first-order valence-corrected chi connectivity index (χ1v) is 12.5. The molecule has 184 valence electrons. The van der Waals surface area contributed by atoms with Crippen molar-refractivity contribution in [1.29, 1.82) is 0 Å². The van der Waals surface area contributed by atoms with Crippen LogP contribution in [0, 0.1) is 0 Å². The molecule has 3 aromatic rings. The molecule has 0 atom stereocenters. The molecular formula is C29H30N4O3. The molecule has 0 N–H and O–H groups in total. The molecule has 2 aromatic heterocycles. The van der Waals surface area contributed by atoms with E-state index in [1.165, 1.54) is 0 Å². The average Bonchev–Trinajstić information content (AvgIpc) is 3.61. The van der Waals surface area contributed by atoms with Crippen LogP contribution in [-0.4, -0.2) is 52.8 Å². The van der Waals surface area contributed by atoms with E-state index in [-0.39, 0.29) is 0 Å². The van der Waals surface area contributed by atoms with Crippen LogP contribution in [0.1, 0.15) is 24.0 Å². The molecule has 2 aliphatic heterocycles. The first-order chi connectivity index (χ1) is 17.7. The quantitative estimate of drug-likeness (QED) is 0.473. The maximum Gasteiger partial charge on any atom is 0.169 e. The molecule has 36 heavy (non-hydrogen) atoms. The van der Waals surface area contributed by atoms with Gasteiger partial charge in [-0.3, -0.25) is 4.90 Å². The summed E-state index contributed by atoms with van der Waals surface area (Å²) in [7, 11) is 2.18. The lowest BCUT2D eigenvalue weighted by Crippen LogP contribution is -2.43. The summed E-state index contributed by atoms with van der Waals surface area (Å²) in [5.41, 5.74) is 5.21. The van der Waals surface area contributed by atoms with E-state index in [4.69, 9.17) is 19.0 Å². The van der Waals surface area contributed by atoms with Gasteiger partial charge in [0.25, 0.3) is 0 Å². The highest BCUT2D eigenvalue weighted by atomic mass is 16.5. The van der Waals surface area contributed by atoms with Crippen LogP contribution < -0.4 is 0 Å². The summed E-state index contributed by atoms with van der Waals surface area (Å²) in [6.07, 6.45) is 15.3. The van der Waals surface area contributed by atoms with Crippen molar-refractivity contribution in [1.82, 2.24) is 19.6 Å². The maximum atomic E-state index is 6.19. The molecule has 1 aliphatic carbocycles. The second-order valence-corrected chi connectivity index (χ2v) is 9.39. The number of allylic oxidation sites excluding steroid dienone is 4. The van der Waals surface area contributed by atoms with Gasteiger partial charge < -0.3 is 18.8 Å². The van der Waals surface area contributed by atoms with E-state index in [9.17, 15) is 0 Å². The SMILES string of the molecule is CN1CCN(Cc2cnn(-c3ccc(C4=COC=C(C5=CC=CCC5)O4)cc3)c2-c2ccco2)CC1. The predicted octanol–water partition coefficient (Wildman–Crippen LogP) is 5.34. The van der Waals surface area contributed by atoms with Crippen molar-refractivity contribution in [2.75, 3.05) is 33.2 Å². The van der Waals surface area contributed by atoms with E-state index in [1.54, 1.807) is 18.8 Å². The van der Waals surface area contributed by atoms with Crippen LogP contribution in [-0.2, 0) is 16.0 Å². The number of nitrogens with zero attached hydrogens (tertiary/aromatic N) is 4. The van der Waals surface area contributed by atoms with Crippen LogP contribution in [0.2, 0.25) is 0 Å². The van der Waals surface area contributed by atoms with Crippen LogP contribution >= 0.6 is 0 Å². The molecule has 1 aromatic carbocycles. The zero-order valence-electron chi connectivity index (χ0n) is 20.5. The number of likely N-dealkylation sites (N-methyl/N-ethyl adjacent to an activating group) is 1. The highest BCUT2D eigenvalue weighted by molar-refractivity contribution is 5.64. The van der Waals surface area contributed by atoms with Gasteiger partial charge in [-0.15, -0.1) is 0 Å². The number of ether oxygens (including phenoxy) is 2. The van der Waals surface area contributed by atoms with Gasteiger partial charge >= 0.3 is 0 Å². The van der Waals surface area contributed by atoms with Crippen molar-refractivity contribution in [3.63, 3.8) is 0 Å². The van der Waals surface area contributed by atoms with Crippen molar-refractivity contribution in [3.05, 3.63) is 102 Å². The molecule has 4 heterocycles. The summed E-state index contributed by atoms with van der Waals surface area (Å²) in [5.74, 6) is 2.27. The Morgan fingerprint density at radius 2 is 1.81 bits per heavy atom. The standard InChI is InChI=1S/C29H30N4O3/c1-31-13-15-32(16-14-31)19-24-18-30-33(29(24)26-8-5-17-35-26)25-11-9-23(10-12-25)28-21-34-20-27(36-28)22-6-3-2-4-7-22/h2-3,5-6,8-12,17-18,20-21H,4,7,13-16,19H2,1H3. The maximum absolute atomic E-state index is 6.19. The van der Waals surface area contributed by atoms with E-state index in [1.807, 2.05) is 35.1 Å². The van der Waals surface area contributed by atoms with Crippen molar-refractivity contribution < 1.29 is 13.9 Å². The molecule has 6 rings (SSSR count). The fraction of sp³-hybridized carbons (Fsp3) is 0.276. The lowest BCUT2D eigenvalue weighted by Gasteiger charge is -2.32. The van der Waals surface area contributed by atoms with Gasteiger partial charge in [0.15, 0.2) is 17.3 Å². The summed E-state index contributed by atoms with van der Waals surface area (Å²) in [5, 5.41) is 4.76. The minimum atomic E-state index is 0.692. The molecule has 1 saturated heterocycles. The highest BCUT2D eigenvalue weighted by Gasteiger charge is 2.22. The lowest BCUT2D eigenvalue weighted by molar-refractivity contribution is 0.148. The topological polar surface area (TPSA) is 55.9 Å². The monoisotopic (exact) mass is 482 g/mol. The molecule has 0 bridgehead atoms. The molecule has 0 spiro atoms. The van der Waals surface area contributed by atoms with Gasteiger partial charge in [-0.2, -0.15) is 5.10 Å². The summed E-state index contributed by atoms with van der Waals surface area (Å²) in [6, 6.07) is 12.1. The Labute approximate surface area is 211 Å². The summed E-state index contributed by atoms with van der Waals surface area (Å²) >= 11 is 0. The van der Waals surface area contributed by atoms with Gasteiger partial charge in [0.1, 0.15) is 18.2 Å². The number of piperazine rings is 1. The molecule has 3 aliphatic rings. The molecular weight excluding hydrogens is 452 g/mol. The highest BCUT2D eigenvalue weighted by Crippen LogP contribution is 2.32. The first-order valence-electron chi connectivity index (χ1n) is 12.5. The van der Waals surface area contributed by atoms with Gasteiger partial charge in [-0.25, -0.2) is 4.68 Å². The minimum Gasteiger partial charge on any atom is -0.465 e. The molecule has 0 radical (unpaired) electrons. The van der Waals surface area contributed by atoms with Crippen LogP contribution in [0.4, 0.5) is 0 Å². The number of benzene rings is 1. The van der Waals surface area contributed by atoms with Crippen LogP contribution in [0.3, 0.4) is 0 Å². The van der Waals surface area contributed by atoms with Gasteiger partial charge in [-0.05, 0) is 61.9 Å². The Morgan fingerprint density at radius 3 is 2.56 bits per heavy atom. The number of furan rings is 1. The zero-order valence-corrected chi connectivity index (χ0v) is 20.5. The number of rotatable bonds is 6. The molecule has 1 fully saturated rings. The van der Waals surface area contributed by atoms with Gasteiger partial charge in [-0.1, -0.05) is 18.2 Å². The second kappa shape index (κ2) is 10.0. The summed E-state index contributed by atoms with van der Waals surface area (Å²) in [4.78, 5) is 4.85. The van der Waals surface area contributed by atoms with Gasteiger partial charge in [0, 0.05) is 43.9 Å². The second-order valence-electron chi connectivity index (χ2n) is 9.39. The van der Waals surface area contributed by atoms with E-state index >= 15 is 0 Å². The van der Waals surface area contributed by atoms with E-state index in [0.717, 1.165) is 85.2 Å². The lowest BCUT2D eigenvalue weighted by atomic mass is 10.0. The summed E-state index contributed by atoms with van der Waals surface area (Å²) < 4.78 is 19.6. The fourth-order valence-corrected chi connectivity index (χ4v) is 4.78. The van der Waals surface area contributed by atoms with Crippen molar-refractivity contribution in [3.8, 4) is 17.1 Å². The zero-order chi connectivity index (χ0) is 24.3. The third kappa shape index (κ3) is 4.67. The number of aromatic nitrogens is 2. The molecule has 7 nitrogen and oxygen atoms in total. The average molecular weight is 483 g/mol. The van der Waals surface area contributed by atoms with Crippen LogP contribution in [0.25, 0.3) is 22.9 Å². The number of hydrogen-bond acceptors (Lipinski definition) is 6. The third-order valence-corrected chi connectivity index (χ3v) is 6.89. The van der Waals surface area contributed by atoms with Gasteiger partial charge in [0.2, 0.25) is 0 Å². The van der Waals surface area contributed by atoms with Crippen LogP contribution in [0.15, 0.2) is 95.4 Å². The fourth-order valence-electron chi connectivity index (χ4n) is 4.78. The van der Waals surface area contributed by atoms with Crippen molar-refractivity contribution in [2.24, 2.45) is 0 Å².